The number of benzene rings is 2. The lowest BCUT2D eigenvalue weighted by atomic mass is 10.1. The van der Waals surface area contributed by atoms with Gasteiger partial charge < -0.3 is 25.2 Å². The van der Waals surface area contributed by atoms with Crippen LogP contribution < -0.4 is 15.4 Å². The maximum atomic E-state index is 12.8. The van der Waals surface area contributed by atoms with Gasteiger partial charge in [-0.1, -0.05) is 17.7 Å². The van der Waals surface area contributed by atoms with Crippen LogP contribution >= 0.6 is 11.6 Å². The number of hydrogen-bond donors (Lipinski definition) is 3. The summed E-state index contributed by atoms with van der Waals surface area (Å²) in [6.07, 6.45) is 1.50. The molecule has 0 radical (unpaired) electrons. The molecule has 2 aromatic carbocycles. The smallest absolute Gasteiger partial charge is 0.255 e. The van der Waals surface area contributed by atoms with Gasteiger partial charge in [0.2, 0.25) is 0 Å². The number of aliphatic hydroxyl groups excluding tert-OH is 1. The van der Waals surface area contributed by atoms with Gasteiger partial charge in [0.05, 0.1) is 60.4 Å². The highest BCUT2D eigenvalue weighted by Crippen LogP contribution is 2.29. The molecule has 3 N–H and O–H groups in total. The summed E-state index contributed by atoms with van der Waals surface area (Å²) in [7, 11) is 1.55. The van der Waals surface area contributed by atoms with E-state index < -0.39 is 0 Å². The molecular weight excluding hydrogens is 432 g/mol. The minimum absolute atomic E-state index is 0.0762. The van der Waals surface area contributed by atoms with E-state index in [9.17, 15) is 10.1 Å². The van der Waals surface area contributed by atoms with Crippen LogP contribution in [0.3, 0.4) is 0 Å². The number of nitrogens with one attached hydrogen (secondary N) is 2. The lowest BCUT2D eigenvalue weighted by molar-refractivity contribution is 0.0838. The van der Waals surface area contributed by atoms with E-state index in [-0.39, 0.29) is 32.3 Å². The van der Waals surface area contributed by atoms with Crippen LogP contribution in [0.1, 0.15) is 21.5 Å². The number of ether oxygens (including phenoxy) is 2. The van der Waals surface area contributed by atoms with Crippen LogP contribution in [0, 0.1) is 11.3 Å². The molecule has 0 saturated heterocycles. The monoisotopic (exact) mass is 454 g/mol. The fourth-order valence-corrected chi connectivity index (χ4v) is 3.41. The average Bonchev–Trinajstić information content (AvgIpc) is 2.81. The molecule has 0 aliphatic rings. The Labute approximate surface area is 190 Å². The van der Waals surface area contributed by atoms with E-state index in [1.54, 1.807) is 37.4 Å². The number of carbonyl (C=O) groups is 1. The van der Waals surface area contributed by atoms with Gasteiger partial charge in [-0.25, -0.2) is 0 Å². The molecule has 0 aliphatic carbocycles. The van der Waals surface area contributed by atoms with Crippen molar-refractivity contribution >= 4 is 34.1 Å². The molecule has 0 atom stereocenters. The number of halogens is 1. The van der Waals surface area contributed by atoms with Crippen LogP contribution in [-0.4, -0.2) is 49.5 Å². The Bertz CT molecular complexity index is 1150. The molecule has 1 aromatic heterocycles. The molecule has 3 aromatic rings. The third kappa shape index (κ3) is 5.65. The molecular formula is C23H23ClN4O4. The standard InChI is InChI=1S/C23H23ClN4O4/c1-31-21-5-3-16(11-19(21)24)13-28-22-17-10-15(12-25)2-4-20(17)27-14-18(22)23(30)26-6-8-32-9-7-29/h2-5,10-11,14,29H,6-9,13H2,1H3,(H,26,30)(H,27,28). The first-order valence-electron chi connectivity index (χ1n) is 9.93. The molecule has 0 saturated carbocycles. The molecule has 0 fully saturated rings. The minimum Gasteiger partial charge on any atom is -0.495 e. The van der Waals surface area contributed by atoms with Gasteiger partial charge in [0.25, 0.3) is 5.91 Å². The summed E-state index contributed by atoms with van der Waals surface area (Å²) in [5, 5.41) is 25.3. The van der Waals surface area contributed by atoms with Crippen molar-refractivity contribution in [3.63, 3.8) is 0 Å². The van der Waals surface area contributed by atoms with E-state index in [1.807, 2.05) is 6.07 Å². The molecule has 32 heavy (non-hydrogen) atoms. The Hall–Kier alpha value is -3.38. The second-order valence-corrected chi connectivity index (χ2v) is 7.21. The van der Waals surface area contributed by atoms with E-state index >= 15 is 0 Å². The number of aromatic nitrogens is 1. The Balaban J connectivity index is 1.89. The molecule has 1 heterocycles. The number of anilines is 1. The maximum Gasteiger partial charge on any atom is 0.255 e. The van der Waals surface area contributed by atoms with Gasteiger partial charge in [-0.3, -0.25) is 9.78 Å². The molecule has 0 spiro atoms. The summed E-state index contributed by atoms with van der Waals surface area (Å²) in [6, 6.07) is 12.7. The van der Waals surface area contributed by atoms with E-state index in [2.05, 4.69) is 21.7 Å². The number of nitrogens with zero attached hydrogens (tertiary/aromatic N) is 2. The summed E-state index contributed by atoms with van der Waals surface area (Å²) in [6.45, 7) is 1.08. The van der Waals surface area contributed by atoms with Crippen molar-refractivity contribution in [2.75, 3.05) is 38.8 Å². The van der Waals surface area contributed by atoms with Gasteiger partial charge in [-0.2, -0.15) is 5.26 Å². The molecule has 9 heteroatoms. The predicted molar refractivity (Wildman–Crippen MR) is 122 cm³/mol. The van der Waals surface area contributed by atoms with Crippen LogP contribution in [0.4, 0.5) is 5.69 Å². The fraction of sp³-hybridized carbons (Fsp3) is 0.261. The Kier molecular flexibility index (Phi) is 8.22. The number of rotatable bonds is 10. The van der Waals surface area contributed by atoms with E-state index in [4.69, 9.17) is 26.2 Å². The third-order valence-corrected chi connectivity index (χ3v) is 4.99. The van der Waals surface area contributed by atoms with Crippen LogP contribution in [0.2, 0.25) is 5.02 Å². The van der Waals surface area contributed by atoms with Crippen molar-refractivity contribution in [1.82, 2.24) is 10.3 Å². The summed E-state index contributed by atoms with van der Waals surface area (Å²) in [5.41, 5.74) is 2.91. The number of methoxy groups -OCH3 is 1. The van der Waals surface area contributed by atoms with E-state index in [0.717, 1.165) is 5.56 Å². The highest BCUT2D eigenvalue weighted by Gasteiger charge is 2.16. The second-order valence-electron chi connectivity index (χ2n) is 6.80. The Morgan fingerprint density at radius 1 is 1.25 bits per heavy atom. The number of pyridine rings is 1. The van der Waals surface area contributed by atoms with E-state index in [0.29, 0.717) is 45.0 Å². The van der Waals surface area contributed by atoms with Gasteiger partial charge in [0, 0.05) is 24.7 Å². The number of nitriles is 1. The summed E-state index contributed by atoms with van der Waals surface area (Å²) in [4.78, 5) is 17.2. The maximum absolute atomic E-state index is 12.8. The zero-order chi connectivity index (χ0) is 22.9. The van der Waals surface area contributed by atoms with Crippen LogP contribution in [-0.2, 0) is 11.3 Å². The quantitative estimate of drug-likeness (QED) is 0.403. The average molecular weight is 455 g/mol. The third-order valence-electron chi connectivity index (χ3n) is 4.69. The predicted octanol–water partition coefficient (Wildman–Crippen LogP) is 3.12. The molecule has 1 amide bonds. The van der Waals surface area contributed by atoms with Crippen molar-refractivity contribution < 1.29 is 19.4 Å². The second kappa shape index (κ2) is 11.3. The zero-order valence-electron chi connectivity index (χ0n) is 17.5. The number of carbonyl (C=O) groups excluding carboxylic acids is 1. The molecule has 8 nitrogen and oxygen atoms in total. The largest absolute Gasteiger partial charge is 0.495 e. The summed E-state index contributed by atoms with van der Waals surface area (Å²) < 4.78 is 10.4. The number of aliphatic hydroxyl groups is 1. The van der Waals surface area contributed by atoms with Crippen molar-refractivity contribution in [3.05, 3.63) is 64.3 Å². The zero-order valence-corrected chi connectivity index (χ0v) is 18.3. The lowest BCUT2D eigenvalue weighted by Crippen LogP contribution is -2.28. The first-order chi connectivity index (χ1) is 15.6. The van der Waals surface area contributed by atoms with Gasteiger partial charge in [-0.05, 0) is 35.9 Å². The topological polar surface area (TPSA) is 116 Å². The first kappa shape index (κ1) is 23.3. The number of hydrogen-bond acceptors (Lipinski definition) is 7. The SMILES string of the molecule is COc1ccc(CNc2c(C(=O)NCCOCCO)cnc3ccc(C#N)cc23)cc1Cl. The van der Waals surface area contributed by atoms with Crippen LogP contribution in [0.15, 0.2) is 42.6 Å². The molecule has 166 valence electrons. The minimum atomic E-state index is -0.329. The molecule has 0 bridgehead atoms. The van der Waals surface area contributed by atoms with Gasteiger partial charge in [-0.15, -0.1) is 0 Å². The molecule has 3 rings (SSSR count). The van der Waals surface area contributed by atoms with Crippen LogP contribution in [0.5, 0.6) is 5.75 Å². The van der Waals surface area contributed by atoms with Crippen molar-refractivity contribution in [1.29, 1.82) is 5.26 Å². The van der Waals surface area contributed by atoms with Gasteiger partial charge in [0.1, 0.15) is 5.75 Å². The summed E-state index contributed by atoms with van der Waals surface area (Å²) in [5.74, 6) is 0.247. The first-order valence-corrected chi connectivity index (χ1v) is 10.3. The van der Waals surface area contributed by atoms with Crippen molar-refractivity contribution in [2.24, 2.45) is 0 Å². The normalized spacial score (nSPS) is 10.6. The molecule has 0 aliphatic heterocycles. The van der Waals surface area contributed by atoms with Crippen molar-refractivity contribution in [3.8, 4) is 11.8 Å². The number of fused-ring (bicyclic) bond motifs is 1. The van der Waals surface area contributed by atoms with E-state index in [1.165, 1.54) is 6.20 Å². The fourth-order valence-electron chi connectivity index (χ4n) is 3.13. The Morgan fingerprint density at radius 3 is 2.81 bits per heavy atom. The van der Waals surface area contributed by atoms with Gasteiger partial charge >= 0.3 is 0 Å². The summed E-state index contributed by atoms with van der Waals surface area (Å²) >= 11 is 6.23. The van der Waals surface area contributed by atoms with Crippen LogP contribution in [0.25, 0.3) is 10.9 Å². The highest BCUT2D eigenvalue weighted by molar-refractivity contribution is 6.32. The van der Waals surface area contributed by atoms with Gasteiger partial charge in [0.15, 0.2) is 0 Å². The highest BCUT2D eigenvalue weighted by atomic mass is 35.5. The number of amides is 1. The Morgan fingerprint density at radius 2 is 2.09 bits per heavy atom. The molecule has 0 unspecified atom stereocenters. The van der Waals surface area contributed by atoms with Crippen molar-refractivity contribution in [2.45, 2.75) is 6.54 Å². The lowest BCUT2D eigenvalue weighted by Gasteiger charge is -2.15.